The molecule has 2 unspecified atom stereocenters. The minimum atomic E-state index is -0.537. The SMILES string of the molecule is CC(C)(C)OC(=O)NC1CC(O)[C@@H](CO)C1. The van der Waals surface area contributed by atoms with Gasteiger partial charge in [-0.25, -0.2) is 4.79 Å². The van der Waals surface area contributed by atoms with Crippen molar-refractivity contribution < 1.29 is 19.7 Å². The first-order chi connectivity index (χ1) is 7.31. The van der Waals surface area contributed by atoms with Gasteiger partial charge < -0.3 is 20.3 Å². The van der Waals surface area contributed by atoms with E-state index in [1.54, 1.807) is 20.8 Å². The number of hydrogen-bond donors (Lipinski definition) is 3. The van der Waals surface area contributed by atoms with Gasteiger partial charge in [0.25, 0.3) is 0 Å². The minimum Gasteiger partial charge on any atom is -0.444 e. The molecule has 3 atom stereocenters. The molecule has 94 valence electrons. The molecule has 1 fully saturated rings. The Balaban J connectivity index is 2.36. The van der Waals surface area contributed by atoms with E-state index in [2.05, 4.69) is 5.32 Å². The van der Waals surface area contributed by atoms with Crippen LogP contribution in [0.1, 0.15) is 33.6 Å². The maximum absolute atomic E-state index is 11.4. The molecule has 0 aromatic rings. The molecular weight excluding hydrogens is 210 g/mol. The lowest BCUT2D eigenvalue weighted by Crippen LogP contribution is -2.38. The smallest absolute Gasteiger partial charge is 0.407 e. The van der Waals surface area contributed by atoms with Gasteiger partial charge in [0.15, 0.2) is 0 Å². The fourth-order valence-electron chi connectivity index (χ4n) is 1.89. The van der Waals surface area contributed by atoms with E-state index in [0.29, 0.717) is 12.8 Å². The van der Waals surface area contributed by atoms with E-state index >= 15 is 0 Å². The van der Waals surface area contributed by atoms with Gasteiger partial charge in [-0.1, -0.05) is 0 Å². The molecule has 0 heterocycles. The van der Waals surface area contributed by atoms with Crippen molar-refractivity contribution in [1.29, 1.82) is 0 Å². The highest BCUT2D eigenvalue weighted by atomic mass is 16.6. The van der Waals surface area contributed by atoms with Crippen LogP contribution in [0.5, 0.6) is 0 Å². The van der Waals surface area contributed by atoms with E-state index in [1.165, 1.54) is 0 Å². The second-order valence-corrected chi connectivity index (χ2v) is 5.32. The number of amides is 1. The summed E-state index contributed by atoms with van der Waals surface area (Å²) >= 11 is 0. The zero-order chi connectivity index (χ0) is 12.3. The summed E-state index contributed by atoms with van der Waals surface area (Å²) in [7, 11) is 0. The lowest BCUT2D eigenvalue weighted by Gasteiger charge is -2.21. The fourth-order valence-corrected chi connectivity index (χ4v) is 1.89. The van der Waals surface area contributed by atoms with Gasteiger partial charge in [0.05, 0.1) is 6.10 Å². The average molecular weight is 231 g/mol. The van der Waals surface area contributed by atoms with Crippen LogP contribution in [0.25, 0.3) is 0 Å². The maximum Gasteiger partial charge on any atom is 0.407 e. The average Bonchev–Trinajstić information content (AvgIpc) is 2.42. The first-order valence-corrected chi connectivity index (χ1v) is 5.60. The standard InChI is InChI=1S/C11H21NO4/c1-11(2,3)16-10(15)12-8-4-7(6-13)9(14)5-8/h7-9,13-14H,4-6H2,1-3H3,(H,12,15)/t7-,8?,9?/m1/s1. The monoisotopic (exact) mass is 231 g/mol. The second-order valence-electron chi connectivity index (χ2n) is 5.32. The van der Waals surface area contributed by atoms with Gasteiger partial charge in [-0.15, -0.1) is 0 Å². The Labute approximate surface area is 95.8 Å². The molecule has 1 amide bonds. The first-order valence-electron chi connectivity index (χ1n) is 5.60. The van der Waals surface area contributed by atoms with Crippen LogP contribution in [0.4, 0.5) is 4.79 Å². The quantitative estimate of drug-likeness (QED) is 0.651. The number of nitrogens with one attached hydrogen (secondary N) is 1. The summed E-state index contributed by atoms with van der Waals surface area (Å²) in [6.45, 7) is 5.35. The zero-order valence-corrected chi connectivity index (χ0v) is 10.1. The number of ether oxygens (including phenoxy) is 1. The Hall–Kier alpha value is -0.810. The van der Waals surface area contributed by atoms with E-state index in [-0.39, 0.29) is 18.6 Å². The number of aliphatic hydroxyl groups excluding tert-OH is 2. The number of carbonyl (C=O) groups excluding carboxylic acids is 1. The van der Waals surface area contributed by atoms with E-state index in [4.69, 9.17) is 9.84 Å². The minimum absolute atomic E-state index is 0.0480. The van der Waals surface area contributed by atoms with Gasteiger partial charge >= 0.3 is 6.09 Å². The van der Waals surface area contributed by atoms with Crippen molar-refractivity contribution in [2.24, 2.45) is 5.92 Å². The van der Waals surface area contributed by atoms with Gasteiger partial charge in [0, 0.05) is 18.6 Å². The Morgan fingerprint density at radius 1 is 1.44 bits per heavy atom. The van der Waals surface area contributed by atoms with Gasteiger partial charge in [0.1, 0.15) is 5.60 Å². The molecule has 0 aromatic carbocycles. The fraction of sp³-hybridized carbons (Fsp3) is 0.909. The summed E-state index contributed by atoms with van der Waals surface area (Å²) < 4.78 is 5.11. The Morgan fingerprint density at radius 2 is 2.06 bits per heavy atom. The van der Waals surface area contributed by atoms with Crippen molar-refractivity contribution >= 4 is 6.09 Å². The number of carbonyl (C=O) groups is 1. The predicted octanol–water partition coefficient (Wildman–Crippen LogP) is 0.643. The van der Waals surface area contributed by atoms with Gasteiger partial charge in [-0.3, -0.25) is 0 Å². The van der Waals surface area contributed by atoms with Crippen LogP contribution in [0.2, 0.25) is 0 Å². The second kappa shape index (κ2) is 5.01. The Kier molecular flexibility index (Phi) is 4.15. The predicted molar refractivity (Wildman–Crippen MR) is 59.0 cm³/mol. The molecular formula is C11H21NO4. The molecule has 0 radical (unpaired) electrons. The molecule has 16 heavy (non-hydrogen) atoms. The van der Waals surface area contributed by atoms with Crippen LogP contribution >= 0.6 is 0 Å². The molecule has 5 nitrogen and oxygen atoms in total. The van der Waals surface area contributed by atoms with Crippen molar-refractivity contribution in [3.63, 3.8) is 0 Å². The van der Waals surface area contributed by atoms with Crippen LogP contribution < -0.4 is 5.32 Å². The Morgan fingerprint density at radius 3 is 2.50 bits per heavy atom. The van der Waals surface area contributed by atoms with Crippen LogP contribution in [0.15, 0.2) is 0 Å². The van der Waals surface area contributed by atoms with Gasteiger partial charge in [-0.05, 0) is 33.6 Å². The van der Waals surface area contributed by atoms with E-state index in [0.717, 1.165) is 0 Å². The van der Waals surface area contributed by atoms with Crippen molar-refractivity contribution in [3.8, 4) is 0 Å². The number of alkyl carbamates (subject to hydrolysis) is 1. The highest BCUT2D eigenvalue weighted by Crippen LogP contribution is 2.25. The summed E-state index contributed by atoms with van der Waals surface area (Å²) in [5, 5.41) is 21.2. The molecule has 5 heteroatoms. The van der Waals surface area contributed by atoms with E-state index < -0.39 is 17.8 Å². The number of hydrogen-bond acceptors (Lipinski definition) is 4. The van der Waals surface area contributed by atoms with Crippen molar-refractivity contribution in [2.75, 3.05) is 6.61 Å². The summed E-state index contributed by atoms with van der Waals surface area (Å²) in [6.07, 6.45) is 0.0645. The van der Waals surface area contributed by atoms with E-state index in [1.807, 2.05) is 0 Å². The zero-order valence-electron chi connectivity index (χ0n) is 10.1. The van der Waals surface area contributed by atoms with Crippen LogP contribution in [0.3, 0.4) is 0 Å². The Bertz CT molecular complexity index is 249. The molecule has 0 saturated heterocycles. The maximum atomic E-state index is 11.4. The van der Waals surface area contributed by atoms with E-state index in [9.17, 15) is 9.90 Å². The van der Waals surface area contributed by atoms with Crippen molar-refractivity contribution in [3.05, 3.63) is 0 Å². The molecule has 1 saturated carbocycles. The summed E-state index contributed by atoms with van der Waals surface area (Å²) in [5.41, 5.74) is -0.516. The molecule has 0 aromatic heterocycles. The van der Waals surface area contributed by atoms with Crippen LogP contribution in [0, 0.1) is 5.92 Å². The summed E-state index contributed by atoms with van der Waals surface area (Å²) in [4.78, 5) is 11.4. The van der Waals surface area contributed by atoms with Crippen LogP contribution in [-0.2, 0) is 4.74 Å². The largest absolute Gasteiger partial charge is 0.444 e. The van der Waals surface area contributed by atoms with Gasteiger partial charge in [0.2, 0.25) is 0 Å². The normalized spacial score (nSPS) is 30.2. The number of rotatable bonds is 2. The van der Waals surface area contributed by atoms with Gasteiger partial charge in [-0.2, -0.15) is 0 Å². The third-order valence-corrected chi connectivity index (χ3v) is 2.61. The molecule has 0 spiro atoms. The molecule has 0 aliphatic heterocycles. The lowest BCUT2D eigenvalue weighted by molar-refractivity contribution is 0.0502. The molecule has 1 aliphatic rings. The topological polar surface area (TPSA) is 78.8 Å². The molecule has 1 aliphatic carbocycles. The first kappa shape index (κ1) is 13.3. The van der Waals surface area contributed by atoms with Crippen molar-refractivity contribution in [2.45, 2.75) is 51.4 Å². The molecule has 3 N–H and O–H groups in total. The highest BCUT2D eigenvalue weighted by molar-refractivity contribution is 5.68. The highest BCUT2D eigenvalue weighted by Gasteiger charge is 2.33. The summed E-state index contributed by atoms with van der Waals surface area (Å²) in [6, 6.07) is -0.109. The van der Waals surface area contributed by atoms with Crippen molar-refractivity contribution in [1.82, 2.24) is 5.32 Å². The van der Waals surface area contributed by atoms with Crippen LogP contribution in [-0.4, -0.2) is 40.7 Å². The third-order valence-electron chi connectivity index (χ3n) is 2.61. The molecule has 1 rings (SSSR count). The number of aliphatic hydroxyl groups is 2. The summed E-state index contributed by atoms with van der Waals surface area (Å²) in [5.74, 6) is -0.139. The third kappa shape index (κ3) is 3.98. The molecule has 0 bridgehead atoms. The lowest BCUT2D eigenvalue weighted by atomic mass is 10.1.